The Kier molecular flexibility index (Phi) is 4.90. The Bertz CT molecular complexity index is 405. The quantitative estimate of drug-likeness (QED) is 0.786. The van der Waals surface area contributed by atoms with Crippen molar-refractivity contribution < 1.29 is 9.50 Å². The largest absolute Gasteiger partial charge is 0.387 e. The molecular weight excluding hydrogens is 229 g/mol. The van der Waals surface area contributed by atoms with Crippen LogP contribution in [0.3, 0.4) is 0 Å². The molecule has 0 spiro atoms. The van der Waals surface area contributed by atoms with Crippen molar-refractivity contribution >= 4 is 0 Å². The average molecular weight is 249 g/mol. The molecule has 1 aromatic carbocycles. The van der Waals surface area contributed by atoms with Crippen LogP contribution in [0.1, 0.15) is 30.9 Å². The fraction of sp³-hybridized carbons (Fsp3) is 0.467. The number of benzene rings is 1. The zero-order valence-electron chi connectivity index (χ0n) is 10.5. The molecule has 2 nitrogen and oxygen atoms in total. The molecule has 0 aromatic heterocycles. The van der Waals surface area contributed by atoms with Gasteiger partial charge in [-0.3, -0.25) is 0 Å². The molecule has 1 aliphatic rings. The molecule has 0 aliphatic heterocycles. The Morgan fingerprint density at radius 3 is 3.00 bits per heavy atom. The molecule has 0 fully saturated rings. The zero-order chi connectivity index (χ0) is 12.8. The summed E-state index contributed by atoms with van der Waals surface area (Å²) in [7, 11) is 0. The molecule has 18 heavy (non-hydrogen) atoms. The maximum atomic E-state index is 13.0. The molecule has 1 aromatic rings. The Balaban J connectivity index is 1.74. The number of hydrogen-bond acceptors (Lipinski definition) is 2. The Hall–Kier alpha value is -1.19. The summed E-state index contributed by atoms with van der Waals surface area (Å²) in [6.07, 6.45) is 7.28. The van der Waals surface area contributed by atoms with Crippen molar-refractivity contribution in [1.29, 1.82) is 0 Å². The van der Waals surface area contributed by atoms with Crippen LogP contribution in [-0.4, -0.2) is 18.2 Å². The summed E-state index contributed by atoms with van der Waals surface area (Å²) < 4.78 is 13.0. The second kappa shape index (κ2) is 6.66. The molecular formula is C15H20FNO. The highest BCUT2D eigenvalue weighted by Crippen LogP contribution is 2.17. The summed E-state index contributed by atoms with van der Waals surface area (Å²) in [6.45, 7) is 1.39. The van der Waals surface area contributed by atoms with Crippen LogP contribution in [-0.2, 0) is 0 Å². The predicted molar refractivity (Wildman–Crippen MR) is 70.7 cm³/mol. The third kappa shape index (κ3) is 3.93. The first-order valence-electron chi connectivity index (χ1n) is 6.55. The van der Waals surface area contributed by atoms with Crippen LogP contribution in [0.15, 0.2) is 36.4 Å². The summed E-state index contributed by atoms with van der Waals surface area (Å²) in [5.41, 5.74) is 0.631. The highest BCUT2D eigenvalue weighted by molar-refractivity contribution is 5.18. The van der Waals surface area contributed by atoms with Gasteiger partial charge in [0.25, 0.3) is 0 Å². The van der Waals surface area contributed by atoms with Gasteiger partial charge in [0, 0.05) is 6.54 Å². The van der Waals surface area contributed by atoms with Crippen LogP contribution in [0, 0.1) is 11.7 Å². The van der Waals surface area contributed by atoms with Crippen molar-refractivity contribution in [2.45, 2.75) is 25.4 Å². The zero-order valence-corrected chi connectivity index (χ0v) is 10.5. The summed E-state index contributed by atoms with van der Waals surface area (Å²) >= 11 is 0. The van der Waals surface area contributed by atoms with Crippen molar-refractivity contribution in [2.75, 3.05) is 13.1 Å². The summed E-state index contributed by atoms with van der Waals surface area (Å²) in [5, 5.41) is 13.2. The first kappa shape index (κ1) is 13.2. The highest BCUT2D eigenvalue weighted by atomic mass is 19.1. The second-order valence-corrected chi connectivity index (χ2v) is 4.88. The predicted octanol–water partition coefficient (Wildman–Crippen LogP) is 2.81. The fourth-order valence-corrected chi connectivity index (χ4v) is 2.30. The SMILES string of the molecule is OC(CNCC1CC=CCC1)c1cccc(F)c1. The van der Waals surface area contributed by atoms with Crippen molar-refractivity contribution in [3.05, 3.63) is 47.8 Å². The van der Waals surface area contributed by atoms with Crippen LogP contribution in [0.5, 0.6) is 0 Å². The molecule has 0 bridgehead atoms. The first-order valence-corrected chi connectivity index (χ1v) is 6.55. The number of halogens is 1. The molecule has 0 radical (unpaired) electrons. The van der Waals surface area contributed by atoms with E-state index in [4.69, 9.17) is 0 Å². The highest BCUT2D eigenvalue weighted by Gasteiger charge is 2.11. The van der Waals surface area contributed by atoms with E-state index < -0.39 is 6.10 Å². The molecule has 1 aliphatic carbocycles. The average Bonchev–Trinajstić information content (AvgIpc) is 2.40. The lowest BCUT2D eigenvalue weighted by molar-refractivity contribution is 0.172. The molecule has 3 heteroatoms. The van der Waals surface area contributed by atoms with Crippen LogP contribution in [0.2, 0.25) is 0 Å². The number of hydrogen-bond donors (Lipinski definition) is 2. The number of nitrogens with one attached hydrogen (secondary N) is 1. The summed E-state index contributed by atoms with van der Waals surface area (Å²) in [4.78, 5) is 0. The molecule has 2 unspecified atom stereocenters. The van der Waals surface area contributed by atoms with E-state index in [1.54, 1.807) is 12.1 Å². The van der Waals surface area contributed by atoms with Gasteiger partial charge in [0.2, 0.25) is 0 Å². The summed E-state index contributed by atoms with van der Waals surface area (Å²) in [5.74, 6) is 0.360. The lowest BCUT2D eigenvalue weighted by Crippen LogP contribution is -2.27. The number of aliphatic hydroxyl groups is 1. The number of allylic oxidation sites excluding steroid dienone is 2. The molecule has 2 N–H and O–H groups in total. The maximum absolute atomic E-state index is 13.0. The fourth-order valence-electron chi connectivity index (χ4n) is 2.30. The monoisotopic (exact) mass is 249 g/mol. The van der Waals surface area contributed by atoms with Gasteiger partial charge in [0.1, 0.15) is 5.82 Å². The molecule has 0 saturated carbocycles. The third-order valence-electron chi connectivity index (χ3n) is 3.38. The molecule has 98 valence electrons. The van der Waals surface area contributed by atoms with Crippen LogP contribution in [0.4, 0.5) is 4.39 Å². The van der Waals surface area contributed by atoms with Gasteiger partial charge in [-0.15, -0.1) is 0 Å². The Morgan fingerprint density at radius 2 is 2.28 bits per heavy atom. The number of aliphatic hydroxyl groups excluding tert-OH is 1. The van der Waals surface area contributed by atoms with E-state index in [9.17, 15) is 9.50 Å². The van der Waals surface area contributed by atoms with Gasteiger partial charge >= 0.3 is 0 Å². The van der Waals surface area contributed by atoms with Crippen LogP contribution in [0.25, 0.3) is 0 Å². The minimum atomic E-state index is -0.639. The van der Waals surface area contributed by atoms with Gasteiger partial charge in [0.15, 0.2) is 0 Å². The second-order valence-electron chi connectivity index (χ2n) is 4.88. The Morgan fingerprint density at radius 1 is 1.39 bits per heavy atom. The van der Waals surface area contributed by atoms with Gasteiger partial charge in [-0.25, -0.2) is 4.39 Å². The third-order valence-corrected chi connectivity index (χ3v) is 3.38. The standard InChI is InChI=1S/C15H20FNO/c16-14-8-4-7-13(9-14)15(18)11-17-10-12-5-2-1-3-6-12/h1-2,4,7-9,12,15,17-18H,3,5-6,10-11H2. The molecule has 0 saturated heterocycles. The minimum absolute atomic E-state index is 0.302. The normalized spacial score (nSPS) is 20.9. The lowest BCUT2D eigenvalue weighted by atomic mass is 9.94. The lowest BCUT2D eigenvalue weighted by Gasteiger charge is -2.19. The van der Waals surface area contributed by atoms with Crippen LogP contribution >= 0.6 is 0 Å². The van der Waals surface area contributed by atoms with Gasteiger partial charge < -0.3 is 10.4 Å². The molecule has 0 heterocycles. The Labute approximate surface area is 108 Å². The topological polar surface area (TPSA) is 32.3 Å². The van der Waals surface area contributed by atoms with E-state index in [1.807, 2.05) is 0 Å². The molecule has 2 atom stereocenters. The smallest absolute Gasteiger partial charge is 0.123 e. The van der Waals surface area contributed by atoms with E-state index in [0.717, 1.165) is 19.4 Å². The molecule has 2 rings (SSSR count). The van der Waals surface area contributed by atoms with Gasteiger partial charge in [-0.2, -0.15) is 0 Å². The van der Waals surface area contributed by atoms with Gasteiger partial charge in [-0.1, -0.05) is 24.3 Å². The molecule has 0 amide bonds. The van der Waals surface area contributed by atoms with Crippen molar-refractivity contribution in [2.24, 2.45) is 5.92 Å². The van der Waals surface area contributed by atoms with E-state index in [-0.39, 0.29) is 5.82 Å². The van der Waals surface area contributed by atoms with Crippen molar-refractivity contribution in [3.63, 3.8) is 0 Å². The maximum Gasteiger partial charge on any atom is 0.123 e. The first-order chi connectivity index (χ1) is 8.75. The van der Waals surface area contributed by atoms with E-state index in [2.05, 4.69) is 17.5 Å². The van der Waals surface area contributed by atoms with Crippen molar-refractivity contribution in [3.8, 4) is 0 Å². The van der Waals surface area contributed by atoms with E-state index in [0.29, 0.717) is 18.0 Å². The minimum Gasteiger partial charge on any atom is -0.387 e. The van der Waals surface area contributed by atoms with Gasteiger partial charge in [-0.05, 0) is 49.4 Å². The van der Waals surface area contributed by atoms with Gasteiger partial charge in [0.05, 0.1) is 6.10 Å². The van der Waals surface area contributed by atoms with Crippen molar-refractivity contribution in [1.82, 2.24) is 5.32 Å². The van der Waals surface area contributed by atoms with E-state index in [1.165, 1.54) is 18.6 Å². The number of rotatable bonds is 5. The van der Waals surface area contributed by atoms with Crippen LogP contribution < -0.4 is 5.32 Å². The van der Waals surface area contributed by atoms with E-state index >= 15 is 0 Å². The summed E-state index contributed by atoms with van der Waals surface area (Å²) in [6, 6.07) is 6.15.